The van der Waals surface area contributed by atoms with Crippen molar-refractivity contribution in [3.8, 4) is 0 Å². The minimum atomic E-state index is -1.55. The number of hydrogen-bond acceptors (Lipinski definition) is 7. The van der Waals surface area contributed by atoms with E-state index in [4.69, 9.17) is 21.1 Å². The number of nitrogens with one attached hydrogen (secondary N) is 3. The van der Waals surface area contributed by atoms with Crippen LogP contribution in [0, 0.1) is 5.92 Å². The summed E-state index contributed by atoms with van der Waals surface area (Å²) in [6.07, 6.45) is -0.638. The van der Waals surface area contributed by atoms with Gasteiger partial charge in [0, 0.05) is 6.42 Å². The number of aliphatic carboxylic acids is 2. The van der Waals surface area contributed by atoms with Crippen molar-refractivity contribution in [1.29, 1.82) is 0 Å². The monoisotopic (exact) mass is 390 g/mol. The summed E-state index contributed by atoms with van der Waals surface area (Å²) in [6, 6.07) is -3.96. The second kappa shape index (κ2) is 11.8. The lowest BCUT2D eigenvalue weighted by Crippen LogP contribution is -2.58. The van der Waals surface area contributed by atoms with E-state index in [0.29, 0.717) is 0 Å². The van der Waals surface area contributed by atoms with Crippen LogP contribution in [-0.2, 0) is 24.0 Å². The molecule has 27 heavy (non-hydrogen) atoms. The fourth-order valence-electron chi connectivity index (χ4n) is 2.03. The molecule has 0 bridgehead atoms. The van der Waals surface area contributed by atoms with Gasteiger partial charge in [0.05, 0.1) is 13.2 Å². The molecule has 12 nitrogen and oxygen atoms in total. The van der Waals surface area contributed by atoms with E-state index < -0.39 is 73.3 Å². The van der Waals surface area contributed by atoms with Crippen LogP contribution in [0.15, 0.2) is 0 Å². The number of carboxylic acids is 2. The maximum atomic E-state index is 12.4. The summed E-state index contributed by atoms with van der Waals surface area (Å²) in [5.74, 6) is -5.44. The zero-order valence-corrected chi connectivity index (χ0v) is 15.1. The maximum absolute atomic E-state index is 12.4. The first-order chi connectivity index (χ1) is 12.5. The molecule has 0 aliphatic rings. The van der Waals surface area contributed by atoms with E-state index in [-0.39, 0.29) is 6.42 Å². The highest BCUT2D eigenvalue weighted by molar-refractivity contribution is 5.93. The largest absolute Gasteiger partial charge is 0.481 e. The predicted octanol–water partition coefficient (Wildman–Crippen LogP) is -3.00. The molecule has 0 aromatic rings. The Morgan fingerprint density at radius 2 is 1.52 bits per heavy atom. The summed E-state index contributed by atoms with van der Waals surface area (Å²) < 4.78 is 0. The second-order valence-corrected chi connectivity index (χ2v) is 6.07. The third kappa shape index (κ3) is 8.96. The molecular formula is C15H26N4O8. The molecule has 8 N–H and O–H groups in total. The average Bonchev–Trinajstić information content (AvgIpc) is 2.59. The predicted molar refractivity (Wildman–Crippen MR) is 91.3 cm³/mol. The van der Waals surface area contributed by atoms with E-state index in [1.54, 1.807) is 13.8 Å². The van der Waals surface area contributed by atoms with Crippen LogP contribution in [0.5, 0.6) is 0 Å². The summed E-state index contributed by atoms with van der Waals surface area (Å²) in [5.41, 5.74) is 5.17. The first kappa shape index (κ1) is 24.3. The van der Waals surface area contributed by atoms with E-state index in [1.807, 2.05) is 0 Å². The number of aliphatic hydroxyl groups is 1. The number of nitrogens with two attached hydrogens (primary N) is 1. The highest BCUT2D eigenvalue weighted by Gasteiger charge is 2.31. The smallest absolute Gasteiger partial charge is 0.328 e. The summed E-state index contributed by atoms with van der Waals surface area (Å²) in [6.45, 7) is 1.92. The number of hydrogen-bond donors (Lipinski definition) is 7. The van der Waals surface area contributed by atoms with Crippen molar-refractivity contribution >= 4 is 29.7 Å². The van der Waals surface area contributed by atoms with E-state index in [9.17, 15) is 24.0 Å². The molecule has 154 valence electrons. The highest BCUT2D eigenvalue weighted by Crippen LogP contribution is 2.05. The summed E-state index contributed by atoms with van der Waals surface area (Å²) in [4.78, 5) is 57.8. The van der Waals surface area contributed by atoms with E-state index in [1.165, 1.54) is 0 Å². The second-order valence-electron chi connectivity index (χ2n) is 6.07. The van der Waals surface area contributed by atoms with Gasteiger partial charge in [-0.3, -0.25) is 19.2 Å². The lowest BCUT2D eigenvalue weighted by Gasteiger charge is -2.26. The van der Waals surface area contributed by atoms with Crippen LogP contribution < -0.4 is 21.7 Å². The Labute approximate surface area is 155 Å². The quantitative estimate of drug-likeness (QED) is 0.181. The fourth-order valence-corrected chi connectivity index (χ4v) is 2.03. The van der Waals surface area contributed by atoms with Gasteiger partial charge in [-0.05, 0) is 12.3 Å². The van der Waals surface area contributed by atoms with Crippen LogP contribution in [0.3, 0.4) is 0 Å². The minimum Gasteiger partial charge on any atom is -0.481 e. The van der Waals surface area contributed by atoms with Crippen LogP contribution in [-0.4, -0.2) is 76.3 Å². The lowest BCUT2D eigenvalue weighted by atomic mass is 10.0. The van der Waals surface area contributed by atoms with Gasteiger partial charge in [-0.15, -0.1) is 0 Å². The first-order valence-corrected chi connectivity index (χ1v) is 8.19. The molecule has 0 heterocycles. The SMILES string of the molecule is CC(C)C(NC(=O)C(CCC(=O)O)NC(=O)CN)C(=O)NC(CO)C(=O)O. The molecule has 0 saturated heterocycles. The van der Waals surface area contributed by atoms with Crippen LogP contribution in [0.2, 0.25) is 0 Å². The molecule has 12 heteroatoms. The molecule has 3 amide bonds. The molecular weight excluding hydrogens is 364 g/mol. The molecule has 0 aromatic heterocycles. The van der Waals surface area contributed by atoms with Crippen molar-refractivity contribution in [2.75, 3.05) is 13.2 Å². The highest BCUT2D eigenvalue weighted by atomic mass is 16.4. The van der Waals surface area contributed by atoms with Crippen LogP contribution >= 0.6 is 0 Å². The van der Waals surface area contributed by atoms with Crippen LogP contribution in [0.1, 0.15) is 26.7 Å². The first-order valence-electron chi connectivity index (χ1n) is 8.19. The van der Waals surface area contributed by atoms with Crippen molar-refractivity contribution in [2.45, 2.75) is 44.8 Å². The zero-order chi connectivity index (χ0) is 21.1. The van der Waals surface area contributed by atoms with Gasteiger partial charge in [0.1, 0.15) is 18.1 Å². The summed E-state index contributed by atoms with van der Waals surface area (Å²) in [7, 11) is 0. The zero-order valence-electron chi connectivity index (χ0n) is 15.1. The van der Waals surface area contributed by atoms with Crippen molar-refractivity contribution in [1.82, 2.24) is 16.0 Å². The van der Waals surface area contributed by atoms with E-state index >= 15 is 0 Å². The Kier molecular flexibility index (Phi) is 10.6. The lowest BCUT2D eigenvalue weighted by molar-refractivity contribution is -0.143. The maximum Gasteiger partial charge on any atom is 0.328 e. The van der Waals surface area contributed by atoms with Gasteiger partial charge >= 0.3 is 11.9 Å². The molecule has 3 unspecified atom stereocenters. The molecule has 3 atom stereocenters. The van der Waals surface area contributed by atoms with Crippen LogP contribution in [0.4, 0.5) is 0 Å². The normalized spacial score (nSPS) is 14.0. The van der Waals surface area contributed by atoms with Gasteiger partial charge < -0.3 is 37.0 Å². The van der Waals surface area contributed by atoms with Crippen molar-refractivity contribution < 1.29 is 39.3 Å². The molecule has 0 fully saturated rings. The Bertz CT molecular complexity index is 566. The topological polar surface area (TPSA) is 208 Å². The number of aliphatic hydroxyl groups excluding tert-OH is 1. The fraction of sp³-hybridized carbons (Fsp3) is 0.667. The number of amides is 3. The number of carbonyl (C=O) groups is 5. The molecule has 0 saturated carbocycles. The number of carbonyl (C=O) groups excluding carboxylic acids is 3. The minimum absolute atomic E-state index is 0.228. The molecule has 0 rings (SSSR count). The molecule has 0 radical (unpaired) electrons. The third-order valence-electron chi connectivity index (χ3n) is 3.53. The molecule has 0 aliphatic carbocycles. The summed E-state index contributed by atoms with van der Waals surface area (Å²) >= 11 is 0. The van der Waals surface area contributed by atoms with Gasteiger partial charge in [-0.25, -0.2) is 4.79 Å². The van der Waals surface area contributed by atoms with Crippen molar-refractivity contribution in [3.63, 3.8) is 0 Å². The Morgan fingerprint density at radius 1 is 0.926 bits per heavy atom. The Morgan fingerprint density at radius 3 is 1.93 bits per heavy atom. The summed E-state index contributed by atoms with van der Waals surface area (Å²) in [5, 5.41) is 33.4. The van der Waals surface area contributed by atoms with E-state index in [0.717, 1.165) is 0 Å². The molecule has 0 aromatic carbocycles. The van der Waals surface area contributed by atoms with Gasteiger partial charge in [-0.1, -0.05) is 13.8 Å². The number of rotatable bonds is 12. The van der Waals surface area contributed by atoms with Crippen LogP contribution in [0.25, 0.3) is 0 Å². The third-order valence-corrected chi connectivity index (χ3v) is 3.53. The van der Waals surface area contributed by atoms with Gasteiger partial charge in [-0.2, -0.15) is 0 Å². The average molecular weight is 390 g/mol. The van der Waals surface area contributed by atoms with Gasteiger partial charge in [0.2, 0.25) is 17.7 Å². The van der Waals surface area contributed by atoms with E-state index in [2.05, 4.69) is 16.0 Å². The number of carboxylic acid groups (broad SMARTS) is 2. The Balaban J connectivity index is 5.21. The molecule has 0 spiro atoms. The van der Waals surface area contributed by atoms with Crippen molar-refractivity contribution in [2.24, 2.45) is 11.7 Å². The van der Waals surface area contributed by atoms with Gasteiger partial charge in [0.25, 0.3) is 0 Å². The Hall–Kier alpha value is -2.73. The van der Waals surface area contributed by atoms with Gasteiger partial charge in [0.15, 0.2) is 0 Å². The standard InChI is InChI=1S/C15H26N4O8/c1-7(2)12(14(25)18-9(6-20)15(26)27)19-13(24)8(3-4-11(22)23)17-10(21)5-16/h7-9,12,20H,3-6,16H2,1-2H3,(H,17,21)(H,18,25)(H,19,24)(H,22,23)(H,26,27). The molecule has 0 aliphatic heterocycles. The van der Waals surface area contributed by atoms with Crippen molar-refractivity contribution in [3.05, 3.63) is 0 Å².